The zero-order chi connectivity index (χ0) is 42.9. The normalized spacial score (nSPS) is 12.8. The number of nitrogens with zero attached hydrogens (tertiary/aromatic N) is 3. The fraction of sp³-hybridized carbons (Fsp3) is 0.939. The molecule has 1 aromatic heterocycles. The number of aromatic amines is 1. The molecule has 0 aromatic carbocycles. The van der Waals surface area contributed by atoms with E-state index >= 15 is 0 Å². The van der Waals surface area contributed by atoms with E-state index in [0.29, 0.717) is 18.3 Å². The maximum atomic E-state index is 12.5. The molecular weight excluding hydrogens is 737 g/mol. The van der Waals surface area contributed by atoms with Crippen LogP contribution in [0.1, 0.15) is 252 Å². The molecule has 0 radical (unpaired) electrons. The number of rotatable bonds is 46. The Hall–Kier alpha value is -1.91. The topological polar surface area (TPSA) is 139 Å². The van der Waals surface area contributed by atoms with Crippen LogP contribution in [0, 0.1) is 0 Å². The van der Waals surface area contributed by atoms with Gasteiger partial charge in [0, 0.05) is 13.0 Å². The highest BCUT2D eigenvalue weighted by Gasteiger charge is 2.15. The molecule has 5 N–H and O–H groups in total. The van der Waals surface area contributed by atoms with Crippen LogP contribution < -0.4 is 11.1 Å². The molecule has 10 nitrogen and oxygen atoms in total. The highest BCUT2D eigenvalue weighted by Crippen LogP contribution is 2.20. The monoisotopic (exact) mass is 835 g/mol. The van der Waals surface area contributed by atoms with Crippen molar-refractivity contribution in [3.05, 3.63) is 0 Å². The molecule has 348 valence electrons. The number of ether oxygens (including phenoxy) is 2. The number of nitrogens with two attached hydrogens (primary N) is 1. The van der Waals surface area contributed by atoms with E-state index in [1.165, 1.54) is 148 Å². The molecule has 0 bridgehead atoms. The number of aromatic nitrogens is 3. The van der Waals surface area contributed by atoms with Crippen molar-refractivity contribution in [3.63, 3.8) is 0 Å². The molecule has 1 heterocycles. The minimum absolute atomic E-state index is 0.00824. The summed E-state index contributed by atoms with van der Waals surface area (Å²) in [6.07, 6.45) is 40.7. The van der Waals surface area contributed by atoms with Crippen LogP contribution in [0.4, 0.5) is 11.9 Å². The Morgan fingerprint density at radius 3 is 1.54 bits per heavy atom. The van der Waals surface area contributed by atoms with E-state index < -0.39 is 6.29 Å². The fourth-order valence-electron chi connectivity index (χ4n) is 8.13. The Labute approximate surface area is 364 Å². The first kappa shape index (κ1) is 55.1. The summed E-state index contributed by atoms with van der Waals surface area (Å²) in [7, 11) is 0. The highest BCUT2D eigenvalue weighted by molar-refractivity contribution is 5.69. The second-order valence-electron chi connectivity index (χ2n) is 17.6. The number of hydrogen-bond acceptors (Lipinski definition) is 9. The first-order valence-electron chi connectivity index (χ1n) is 25.6. The van der Waals surface area contributed by atoms with Crippen molar-refractivity contribution in [1.82, 2.24) is 20.1 Å². The summed E-state index contributed by atoms with van der Waals surface area (Å²) in [5, 5.41) is 20.9. The number of carbonyl (C=O) groups is 1. The van der Waals surface area contributed by atoms with Gasteiger partial charge in [-0.05, 0) is 90.3 Å². The molecule has 0 fully saturated rings. The van der Waals surface area contributed by atoms with Crippen LogP contribution in [0.2, 0.25) is 0 Å². The van der Waals surface area contributed by atoms with Gasteiger partial charge in [-0.1, -0.05) is 175 Å². The average Bonchev–Trinajstić information content (AvgIpc) is 3.65. The van der Waals surface area contributed by atoms with Gasteiger partial charge in [0.15, 0.2) is 6.29 Å². The van der Waals surface area contributed by atoms with Crippen LogP contribution in [0.5, 0.6) is 0 Å². The van der Waals surface area contributed by atoms with Crippen molar-refractivity contribution in [3.8, 4) is 0 Å². The largest absolute Gasteiger partial charge is 0.462 e. The molecule has 1 aromatic rings. The summed E-state index contributed by atoms with van der Waals surface area (Å²) in [6.45, 7) is 13.0. The molecule has 0 aliphatic carbocycles. The van der Waals surface area contributed by atoms with Gasteiger partial charge in [-0.3, -0.25) is 4.79 Å². The number of nitrogen functional groups attached to an aromatic ring is 1. The van der Waals surface area contributed by atoms with Gasteiger partial charge in [0.1, 0.15) is 6.10 Å². The minimum atomic E-state index is -0.626. The summed E-state index contributed by atoms with van der Waals surface area (Å²) in [6, 6.07) is 0. The smallest absolute Gasteiger partial charge is 0.306 e. The number of hydrogen-bond donors (Lipinski definition) is 4. The van der Waals surface area contributed by atoms with Crippen molar-refractivity contribution in [2.24, 2.45) is 0 Å². The molecule has 1 rings (SSSR count). The third kappa shape index (κ3) is 35.4. The lowest BCUT2D eigenvalue weighted by atomic mass is 10.0. The van der Waals surface area contributed by atoms with Gasteiger partial charge in [-0.2, -0.15) is 4.98 Å². The van der Waals surface area contributed by atoms with Crippen molar-refractivity contribution < 1.29 is 19.4 Å². The van der Waals surface area contributed by atoms with Gasteiger partial charge >= 0.3 is 5.97 Å². The second-order valence-corrected chi connectivity index (χ2v) is 17.6. The number of esters is 1. The molecule has 59 heavy (non-hydrogen) atoms. The standard InChI is InChI=1S/C49H98N6O4/c1-5-9-12-15-20-27-35-44(8-4)58-46(56)38-30-23-18-25-32-41-55(43-34-40-51-49-52-48(50)53-54-49)42-33-26-19-24-31-39-47(57)59-45(36-28-21-16-13-10-6-2)37-29-22-17-14-11-7-3/h44-45,47,57H,5-43H2,1-4H3,(H4,50,51,52,53,54). The first-order chi connectivity index (χ1) is 28.9. The van der Waals surface area contributed by atoms with E-state index in [2.05, 4.69) is 53.1 Å². The molecule has 0 saturated heterocycles. The number of aliphatic hydroxyl groups is 1. The number of anilines is 2. The minimum Gasteiger partial charge on any atom is -0.462 e. The summed E-state index contributed by atoms with van der Waals surface area (Å²) >= 11 is 0. The van der Waals surface area contributed by atoms with Crippen LogP contribution in [0.25, 0.3) is 0 Å². The predicted octanol–water partition coefficient (Wildman–Crippen LogP) is 13.4. The number of nitrogens with one attached hydrogen (secondary N) is 2. The summed E-state index contributed by atoms with van der Waals surface area (Å²) < 4.78 is 12.1. The van der Waals surface area contributed by atoms with Crippen LogP contribution in [-0.4, -0.2) is 75.8 Å². The van der Waals surface area contributed by atoms with Crippen LogP contribution >= 0.6 is 0 Å². The third-order valence-electron chi connectivity index (χ3n) is 12.0. The SMILES string of the molecule is CCCCCCCCC(CC)OC(=O)CCCCCCCN(CCCCCCCC(O)OC(CCCCCCCC)CCCCCCCC)CCCNc1n[nH]c(N)n1. The molecule has 2 atom stereocenters. The lowest BCUT2D eigenvalue weighted by Gasteiger charge is -2.23. The van der Waals surface area contributed by atoms with E-state index in [1.807, 2.05) is 0 Å². The van der Waals surface area contributed by atoms with Crippen molar-refractivity contribution in [2.75, 3.05) is 37.2 Å². The van der Waals surface area contributed by atoms with Gasteiger partial charge in [-0.25, -0.2) is 5.10 Å². The van der Waals surface area contributed by atoms with Crippen molar-refractivity contribution >= 4 is 17.9 Å². The predicted molar refractivity (Wildman–Crippen MR) is 251 cm³/mol. The Morgan fingerprint density at radius 2 is 1.05 bits per heavy atom. The summed E-state index contributed by atoms with van der Waals surface area (Å²) in [4.78, 5) is 19.3. The van der Waals surface area contributed by atoms with E-state index in [0.717, 1.165) is 96.8 Å². The van der Waals surface area contributed by atoms with E-state index in [-0.39, 0.29) is 18.2 Å². The van der Waals surface area contributed by atoms with Crippen molar-refractivity contribution in [1.29, 1.82) is 0 Å². The molecule has 0 spiro atoms. The van der Waals surface area contributed by atoms with Gasteiger partial charge in [-0.15, -0.1) is 5.10 Å². The van der Waals surface area contributed by atoms with Gasteiger partial charge in [0.2, 0.25) is 11.9 Å². The third-order valence-corrected chi connectivity index (χ3v) is 12.0. The van der Waals surface area contributed by atoms with Crippen LogP contribution in [0.3, 0.4) is 0 Å². The number of aliphatic hydroxyl groups excluding tert-OH is 1. The van der Waals surface area contributed by atoms with E-state index in [1.54, 1.807) is 0 Å². The van der Waals surface area contributed by atoms with Gasteiger partial charge in [0.05, 0.1) is 6.10 Å². The number of carbonyl (C=O) groups excluding carboxylic acids is 1. The van der Waals surface area contributed by atoms with Gasteiger partial charge in [0.25, 0.3) is 0 Å². The summed E-state index contributed by atoms with van der Waals surface area (Å²) in [5.74, 6) is 0.881. The zero-order valence-electron chi connectivity index (χ0n) is 39.4. The zero-order valence-corrected chi connectivity index (χ0v) is 39.4. The van der Waals surface area contributed by atoms with Gasteiger partial charge < -0.3 is 30.5 Å². The molecule has 0 aliphatic heterocycles. The molecule has 0 saturated carbocycles. The Balaban J connectivity index is 2.34. The number of H-pyrrole nitrogens is 1. The van der Waals surface area contributed by atoms with E-state index in [9.17, 15) is 9.90 Å². The number of unbranched alkanes of at least 4 members (excludes halogenated alkanes) is 23. The fourth-order valence-corrected chi connectivity index (χ4v) is 8.13. The molecule has 2 unspecified atom stereocenters. The molecule has 0 aliphatic rings. The molecule has 0 amide bonds. The molecular formula is C49H98N6O4. The molecule has 10 heteroatoms. The Kier molecular flexibility index (Phi) is 38.7. The maximum Gasteiger partial charge on any atom is 0.306 e. The van der Waals surface area contributed by atoms with Crippen molar-refractivity contribution in [2.45, 2.75) is 271 Å². The highest BCUT2D eigenvalue weighted by atomic mass is 16.6. The van der Waals surface area contributed by atoms with Crippen LogP contribution in [0.15, 0.2) is 0 Å². The first-order valence-corrected chi connectivity index (χ1v) is 25.6. The van der Waals surface area contributed by atoms with E-state index in [4.69, 9.17) is 15.2 Å². The lowest BCUT2D eigenvalue weighted by Crippen LogP contribution is -2.28. The Bertz CT molecular complexity index is 1010. The summed E-state index contributed by atoms with van der Waals surface area (Å²) in [5.41, 5.74) is 5.68. The lowest BCUT2D eigenvalue weighted by molar-refractivity contribution is -0.149. The maximum absolute atomic E-state index is 12.5. The second kappa shape index (κ2) is 41.4. The Morgan fingerprint density at radius 1 is 0.610 bits per heavy atom. The quantitative estimate of drug-likeness (QED) is 0.0287. The average molecular weight is 835 g/mol. The van der Waals surface area contributed by atoms with Crippen LogP contribution in [-0.2, 0) is 14.3 Å².